The van der Waals surface area contributed by atoms with Crippen molar-refractivity contribution in [2.45, 2.75) is 47.2 Å². The van der Waals surface area contributed by atoms with Crippen LogP contribution in [0.5, 0.6) is 0 Å². The molecule has 1 aromatic heterocycles. The van der Waals surface area contributed by atoms with Crippen LogP contribution in [0.25, 0.3) is 10.9 Å². The lowest BCUT2D eigenvalue weighted by atomic mass is 10.0. The molecule has 0 saturated carbocycles. The zero-order valence-corrected chi connectivity index (χ0v) is 21.3. The van der Waals surface area contributed by atoms with Gasteiger partial charge in [-0.2, -0.15) is 0 Å². The summed E-state index contributed by atoms with van der Waals surface area (Å²) in [5.41, 5.74) is 5.03. The maximum Gasteiger partial charge on any atom is 0.253 e. The van der Waals surface area contributed by atoms with E-state index in [-0.39, 0.29) is 11.6 Å². The number of rotatable bonds is 9. The summed E-state index contributed by atoms with van der Waals surface area (Å²) in [4.78, 5) is 19.8. The molecule has 0 saturated heterocycles. The largest absolute Gasteiger partial charge is 0.356 e. The average Bonchev–Trinajstić information content (AvgIpc) is 2.82. The van der Waals surface area contributed by atoms with Crippen LogP contribution >= 0.6 is 12.2 Å². The van der Waals surface area contributed by atoms with Crippen molar-refractivity contribution in [1.82, 2.24) is 15.2 Å². The Balaban J connectivity index is 1.87. The lowest BCUT2D eigenvalue weighted by Crippen LogP contribution is -3.12. The van der Waals surface area contributed by atoms with Crippen LogP contribution in [-0.4, -0.2) is 41.2 Å². The summed E-state index contributed by atoms with van der Waals surface area (Å²) in [6.07, 6.45) is 0. The van der Waals surface area contributed by atoms with Gasteiger partial charge in [-0.25, -0.2) is 0 Å². The van der Waals surface area contributed by atoms with Crippen LogP contribution in [0.4, 0.5) is 0 Å². The Bertz CT molecular complexity index is 1140. The van der Waals surface area contributed by atoms with Crippen molar-refractivity contribution in [2.24, 2.45) is 0 Å². The Labute approximate surface area is 202 Å². The molecular formula is C27H37N4OS+. The molecule has 5 nitrogen and oxygen atoms in total. The standard InChI is InChI=1S/C27H36N4OS/c1-6-30(7-2)15-16-31(27(33)28-21(5)22-11-9-8-10-12-22)18-23-17-24-19(3)13-14-20(4)25(24)29-26(23)32/h8-14,17,21H,6-7,15-16,18H2,1-5H3,(H,28,33)(H,29,32)/p+1. The van der Waals surface area contributed by atoms with E-state index >= 15 is 0 Å². The smallest absolute Gasteiger partial charge is 0.253 e. The number of benzene rings is 2. The molecule has 0 aliphatic rings. The zero-order valence-electron chi connectivity index (χ0n) is 20.5. The summed E-state index contributed by atoms with van der Waals surface area (Å²) in [5, 5.41) is 5.26. The van der Waals surface area contributed by atoms with E-state index in [1.165, 1.54) is 10.5 Å². The fourth-order valence-electron chi connectivity index (χ4n) is 4.19. The number of nitrogens with one attached hydrogen (secondary N) is 3. The maximum atomic E-state index is 13.0. The van der Waals surface area contributed by atoms with E-state index in [2.05, 4.69) is 67.2 Å². The van der Waals surface area contributed by atoms with Crippen LogP contribution in [0.1, 0.15) is 49.1 Å². The first-order chi connectivity index (χ1) is 15.8. The van der Waals surface area contributed by atoms with Crippen molar-refractivity contribution in [2.75, 3.05) is 26.2 Å². The number of aromatic amines is 1. The molecule has 6 heteroatoms. The lowest BCUT2D eigenvalue weighted by Gasteiger charge is -2.29. The van der Waals surface area contributed by atoms with E-state index in [9.17, 15) is 4.79 Å². The number of pyridine rings is 1. The molecule has 1 unspecified atom stereocenters. The summed E-state index contributed by atoms with van der Waals surface area (Å²) in [5.74, 6) is 0. The third-order valence-electron chi connectivity index (χ3n) is 6.54. The number of thiocarbonyl (C=S) groups is 1. The first-order valence-corrected chi connectivity index (χ1v) is 12.3. The van der Waals surface area contributed by atoms with E-state index in [4.69, 9.17) is 12.2 Å². The highest BCUT2D eigenvalue weighted by Gasteiger charge is 2.18. The topological polar surface area (TPSA) is 52.6 Å². The van der Waals surface area contributed by atoms with Gasteiger partial charge in [0, 0.05) is 10.9 Å². The molecule has 3 aromatic rings. The van der Waals surface area contributed by atoms with Gasteiger partial charge in [0.1, 0.15) is 0 Å². The number of likely N-dealkylation sites (N-methyl/N-ethyl adjacent to an activating group) is 1. The van der Waals surface area contributed by atoms with E-state index in [0.29, 0.717) is 11.7 Å². The molecule has 3 N–H and O–H groups in total. The summed E-state index contributed by atoms with van der Waals surface area (Å²) in [6, 6.07) is 16.6. The minimum Gasteiger partial charge on any atom is -0.356 e. The number of H-pyrrole nitrogens is 1. The number of aromatic nitrogens is 1. The lowest BCUT2D eigenvalue weighted by molar-refractivity contribution is -0.895. The molecular weight excluding hydrogens is 428 g/mol. The molecule has 176 valence electrons. The monoisotopic (exact) mass is 465 g/mol. The van der Waals surface area contributed by atoms with Crippen molar-refractivity contribution in [3.05, 3.63) is 81.1 Å². The molecule has 0 amide bonds. The highest BCUT2D eigenvalue weighted by molar-refractivity contribution is 7.80. The van der Waals surface area contributed by atoms with Crippen LogP contribution in [-0.2, 0) is 6.54 Å². The van der Waals surface area contributed by atoms with E-state index in [1.54, 1.807) is 0 Å². The summed E-state index contributed by atoms with van der Waals surface area (Å²) in [7, 11) is 0. The zero-order chi connectivity index (χ0) is 24.0. The number of nitrogens with zero attached hydrogens (tertiary/aromatic N) is 1. The Hall–Kier alpha value is -2.70. The third-order valence-corrected chi connectivity index (χ3v) is 6.92. The molecule has 0 fully saturated rings. The maximum absolute atomic E-state index is 13.0. The molecule has 0 radical (unpaired) electrons. The summed E-state index contributed by atoms with van der Waals surface area (Å²) >= 11 is 5.85. The quantitative estimate of drug-likeness (QED) is 0.424. The Morgan fingerprint density at radius 2 is 1.76 bits per heavy atom. The molecule has 1 heterocycles. The number of fused-ring (bicyclic) bond motifs is 1. The molecule has 0 aliphatic carbocycles. The summed E-state index contributed by atoms with van der Waals surface area (Å²) in [6.45, 7) is 15.0. The second kappa shape index (κ2) is 11.4. The number of quaternary nitrogens is 1. The molecule has 33 heavy (non-hydrogen) atoms. The first kappa shape index (κ1) is 24.9. The molecule has 0 spiro atoms. The van der Waals surface area contributed by atoms with Crippen LogP contribution in [0.15, 0.2) is 53.3 Å². The van der Waals surface area contributed by atoms with Gasteiger partial charge in [-0.05, 0) is 69.6 Å². The SMILES string of the molecule is CC[NH+](CC)CCN(Cc1cc2c(C)ccc(C)c2[nH]c1=O)C(=S)NC(C)c1ccccc1. The second-order valence-corrected chi connectivity index (χ2v) is 9.21. The predicted molar refractivity (Wildman–Crippen MR) is 142 cm³/mol. The molecule has 1 atom stereocenters. The van der Waals surface area contributed by atoms with E-state index < -0.39 is 0 Å². The second-order valence-electron chi connectivity index (χ2n) is 8.82. The van der Waals surface area contributed by atoms with Gasteiger partial charge >= 0.3 is 0 Å². The number of hydrogen-bond donors (Lipinski definition) is 3. The first-order valence-electron chi connectivity index (χ1n) is 11.9. The van der Waals surface area contributed by atoms with Crippen LogP contribution in [0.2, 0.25) is 0 Å². The predicted octanol–water partition coefficient (Wildman–Crippen LogP) is 3.51. The molecule has 0 aliphatic heterocycles. The molecule has 0 bridgehead atoms. The average molecular weight is 466 g/mol. The fourth-order valence-corrected chi connectivity index (χ4v) is 4.52. The van der Waals surface area contributed by atoms with Gasteiger partial charge in [0.2, 0.25) is 0 Å². The third kappa shape index (κ3) is 6.21. The van der Waals surface area contributed by atoms with Crippen molar-refractivity contribution < 1.29 is 4.90 Å². The fraction of sp³-hybridized carbons (Fsp3) is 0.407. The minimum absolute atomic E-state index is 0.0460. The van der Waals surface area contributed by atoms with Crippen molar-refractivity contribution in [1.29, 1.82) is 0 Å². The van der Waals surface area contributed by atoms with Crippen LogP contribution in [0, 0.1) is 13.8 Å². The Morgan fingerprint density at radius 1 is 1.09 bits per heavy atom. The van der Waals surface area contributed by atoms with Gasteiger partial charge in [0.25, 0.3) is 5.56 Å². The van der Waals surface area contributed by atoms with Gasteiger partial charge in [-0.15, -0.1) is 0 Å². The number of aryl methyl sites for hydroxylation is 2. The Morgan fingerprint density at radius 3 is 2.42 bits per heavy atom. The number of hydrogen-bond acceptors (Lipinski definition) is 2. The summed E-state index contributed by atoms with van der Waals surface area (Å²) < 4.78 is 0. The molecule has 3 rings (SSSR count). The van der Waals surface area contributed by atoms with E-state index in [1.807, 2.05) is 31.2 Å². The van der Waals surface area contributed by atoms with Crippen molar-refractivity contribution in [3.63, 3.8) is 0 Å². The van der Waals surface area contributed by atoms with Crippen LogP contribution < -0.4 is 15.8 Å². The van der Waals surface area contributed by atoms with Gasteiger partial charge in [-0.3, -0.25) is 4.79 Å². The van der Waals surface area contributed by atoms with Gasteiger partial charge in [-0.1, -0.05) is 42.5 Å². The molecule has 2 aromatic carbocycles. The highest BCUT2D eigenvalue weighted by Crippen LogP contribution is 2.20. The Kier molecular flexibility index (Phi) is 8.64. The minimum atomic E-state index is -0.0460. The van der Waals surface area contributed by atoms with E-state index in [0.717, 1.165) is 53.8 Å². The normalized spacial score (nSPS) is 12.2. The van der Waals surface area contributed by atoms with Crippen molar-refractivity contribution in [3.8, 4) is 0 Å². The van der Waals surface area contributed by atoms with Gasteiger partial charge in [0.15, 0.2) is 5.11 Å². The van der Waals surface area contributed by atoms with Gasteiger partial charge in [0.05, 0.1) is 44.3 Å². The highest BCUT2D eigenvalue weighted by atomic mass is 32.1. The van der Waals surface area contributed by atoms with Crippen molar-refractivity contribution >= 4 is 28.2 Å². The van der Waals surface area contributed by atoms with Crippen LogP contribution in [0.3, 0.4) is 0 Å². The van der Waals surface area contributed by atoms with Gasteiger partial charge < -0.3 is 20.1 Å².